The van der Waals surface area contributed by atoms with Crippen LogP contribution in [0.4, 0.5) is 0 Å². The quantitative estimate of drug-likeness (QED) is 0.867. The molecule has 0 heterocycles. The van der Waals surface area contributed by atoms with Crippen LogP contribution in [0.25, 0.3) is 0 Å². The van der Waals surface area contributed by atoms with Gasteiger partial charge in [-0.3, -0.25) is 4.79 Å². The zero-order chi connectivity index (χ0) is 14.5. The van der Waals surface area contributed by atoms with Crippen molar-refractivity contribution in [3.05, 3.63) is 29.3 Å². The van der Waals surface area contributed by atoms with Gasteiger partial charge in [0.05, 0.1) is 5.56 Å². The van der Waals surface area contributed by atoms with Gasteiger partial charge in [-0.15, -0.1) is 0 Å². The lowest BCUT2D eigenvalue weighted by Crippen LogP contribution is -2.37. The number of aromatic hydroxyl groups is 1. The van der Waals surface area contributed by atoms with Crippen LogP contribution in [0.3, 0.4) is 0 Å². The van der Waals surface area contributed by atoms with Crippen LogP contribution >= 0.6 is 0 Å². The van der Waals surface area contributed by atoms with Crippen molar-refractivity contribution in [2.24, 2.45) is 0 Å². The van der Waals surface area contributed by atoms with E-state index in [1.807, 2.05) is 6.92 Å². The Labute approximate surface area is 120 Å². The second-order valence-electron chi connectivity index (χ2n) is 5.70. The first-order valence-corrected chi connectivity index (χ1v) is 7.36. The summed E-state index contributed by atoms with van der Waals surface area (Å²) in [7, 11) is 2.12. The Balaban J connectivity index is 1.81. The molecule has 0 bridgehead atoms. The zero-order valence-electron chi connectivity index (χ0n) is 12.4. The smallest absolute Gasteiger partial charge is 0.255 e. The molecule has 0 radical (unpaired) electrons. The molecule has 1 aliphatic rings. The van der Waals surface area contributed by atoms with Gasteiger partial charge >= 0.3 is 0 Å². The first-order valence-electron chi connectivity index (χ1n) is 7.36. The molecule has 0 atom stereocenters. The summed E-state index contributed by atoms with van der Waals surface area (Å²) in [6.07, 6.45) is 5.17. The minimum atomic E-state index is -0.203. The number of amides is 1. The Morgan fingerprint density at radius 3 is 2.80 bits per heavy atom. The average Bonchev–Trinajstić information content (AvgIpc) is 2.95. The number of nitrogens with one attached hydrogen (secondary N) is 1. The number of carbonyl (C=O) groups is 1. The summed E-state index contributed by atoms with van der Waals surface area (Å²) in [5.41, 5.74) is 1.32. The third-order valence-electron chi connectivity index (χ3n) is 4.09. The Bertz CT molecular complexity index is 468. The van der Waals surface area contributed by atoms with E-state index >= 15 is 0 Å². The van der Waals surface area contributed by atoms with Gasteiger partial charge in [-0.1, -0.05) is 24.5 Å². The van der Waals surface area contributed by atoms with Gasteiger partial charge in [0.2, 0.25) is 0 Å². The normalized spacial score (nSPS) is 15.8. The second-order valence-corrected chi connectivity index (χ2v) is 5.70. The van der Waals surface area contributed by atoms with Gasteiger partial charge in [-0.25, -0.2) is 0 Å². The first-order chi connectivity index (χ1) is 9.58. The van der Waals surface area contributed by atoms with Crippen molar-refractivity contribution in [2.45, 2.75) is 38.6 Å². The molecule has 2 N–H and O–H groups in total. The molecular formula is C16H24N2O2. The van der Waals surface area contributed by atoms with Crippen LogP contribution in [0, 0.1) is 6.92 Å². The molecule has 0 saturated heterocycles. The number of rotatable bonds is 5. The lowest BCUT2D eigenvalue weighted by Gasteiger charge is -2.23. The van der Waals surface area contributed by atoms with E-state index in [0.717, 1.165) is 12.1 Å². The summed E-state index contributed by atoms with van der Waals surface area (Å²) in [6.45, 7) is 3.37. The van der Waals surface area contributed by atoms with Crippen molar-refractivity contribution in [3.8, 4) is 5.75 Å². The van der Waals surface area contributed by atoms with Crippen molar-refractivity contribution in [1.82, 2.24) is 10.2 Å². The highest BCUT2D eigenvalue weighted by Gasteiger charge is 2.19. The topological polar surface area (TPSA) is 52.6 Å². The molecule has 1 fully saturated rings. The standard InChI is InChI=1S/C16H24N2O2/c1-12-7-8-15(19)14(11-12)16(20)17-9-10-18(2)13-5-3-4-6-13/h7-8,11,13,19H,3-6,9-10H2,1-2H3,(H,17,20). The van der Waals surface area contributed by atoms with Crippen LogP contribution in [0.15, 0.2) is 18.2 Å². The van der Waals surface area contributed by atoms with Crippen molar-refractivity contribution < 1.29 is 9.90 Å². The van der Waals surface area contributed by atoms with E-state index in [0.29, 0.717) is 18.2 Å². The number of hydrogen-bond donors (Lipinski definition) is 2. The predicted octanol–water partition coefficient (Wildman–Crippen LogP) is 2.30. The molecule has 4 nitrogen and oxygen atoms in total. The van der Waals surface area contributed by atoms with Crippen LogP contribution in [0.5, 0.6) is 5.75 Å². The number of benzene rings is 1. The number of hydrogen-bond acceptors (Lipinski definition) is 3. The third-order valence-corrected chi connectivity index (χ3v) is 4.09. The summed E-state index contributed by atoms with van der Waals surface area (Å²) in [6, 6.07) is 5.74. The van der Waals surface area contributed by atoms with Crippen LogP contribution < -0.4 is 5.32 Å². The van der Waals surface area contributed by atoms with Crippen LogP contribution in [-0.4, -0.2) is 42.1 Å². The summed E-state index contributed by atoms with van der Waals surface area (Å²) < 4.78 is 0. The van der Waals surface area contributed by atoms with Crippen molar-refractivity contribution in [2.75, 3.05) is 20.1 Å². The molecule has 0 spiro atoms. The van der Waals surface area contributed by atoms with Crippen LogP contribution in [0.1, 0.15) is 41.6 Å². The molecule has 1 aliphatic carbocycles. The number of nitrogens with zero attached hydrogens (tertiary/aromatic N) is 1. The predicted molar refractivity (Wildman–Crippen MR) is 80.1 cm³/mol. The molecule has 1 amide bonds. The summed E-state index contributed by atoms with van der Waals surface area (Å²) in [4.78, 5) is 14.4. The molecule has 1 aromatic carbocycles. The third kappa shape index (κ3) is 3.73. The van der Waals surface area contributed by atoms with Gasteiger partial charge in [0, 0.05) is 19.1 Å². The maximum absolute atomic E-state index is 12.0. The van der Waals surface area contributed by atoms with E-state index in [4.69, 9.17) is 0 Å². The summed E-state index contributed by atoms with van der Waals surface area (Å²) in [5, 5.41) is 12.6. The summed E-state index contributed by atoms with van der Waals surface area (Å²) in [5.74, 6) is -0.164. The molecule has 110 valence electrons. The highest BCUT2D eigenvalue weighted by atomic mass is 16.3. The zero-order valence-corrected chi connectivity index (χ0v) is 12.4. The molecule has 1 aromatic rings. The number of aryl methyl sites for hydroxylation is 1. The first kappa shape index (κ1) is 14.9. The van der Waals surface area contributed by atoms with E-state index in [2.05, 4.69) is 17.3 Å². The Hall–Kier alpha value is -1.55. The highest BCUT2D eigenvalue weighted by Crippen LogP contribution is 2.22. The molecule has 1 saturated carbocycles. The molecule has 4 heteroatoms. The number of phenols is 1. The lowest BCUT2D eigenvalue weighted by atomic mass is 10.1. The van der Waals surface area contributed by atoms with E-state index in [1.165, 1.54) is 25.7 Å². The van der Waals surface area contributed by atoms with Gasteiger partial charge in [0.1, 0.15) is 5.75 Å². The average molecular weight is 276 g/mol. The van der Waals surface area contributed by atoms with Crippen molar-refractivity contribution in [1.29, 1.82) is 0 Å². The molecular weight excluding hydrogens is 252 g/mol. The largest absolute Gasteiger partial charge is 0.507 e. The Kier molecular flexibility index (Phi) is 5.01. The lowest BCUT2D eigenvalue weighted by molar-refractivity contribution is 0.0944. The Morgan fingerprint density at radius 1 is 1.40 bits per heavy atom. The molecule has 0 aliphatic heterocycles. The van der Waals surface area contributed by atoms with E-state index in [-0.39, 0.29) is 11.7 Å². The minimum absolute atomic E-state index is 0.0391. The Morgan fingerprint density at radius 2 is 2.10 bits per heavy atom. The SMILES string of the molecule is Cc1ccc(O)c(C(=O)NCCN(C)C2CCCC2)c1. The monoisotopic (exact) mass is 276 g/mol. The molecule has 20 heavy (non-hydrogen) atoms. The maximum atomic E-state index is 12.0. The minimum Gasteiger partial charge on any atom is -0.507 e. The van der Waals surface area contributed by atoms with Gasteiger partial charge in [0.15, 0.2) is 0 Å². The number of carbonyl (C=O) groups excluding carboxylic acids is 1. The molecule has 0 aromatic heterocycles. The fourth-order valence-electron chi connectivity index (χ4n) is 2.80. The van der Waals surface area contributed by atoms with Gasteiger partial charge in [-0.2, -0.15) is 0 Å². The van der Waals surface area contributed by atoms with Gasteiger partial charge in [-0.05, 0) is 38.9 Å². The van der Waals surface area contributed by atoms with Crippen molar-refractivity contribution >= 4 is 5.91 Å². The number of likely N-dealkylation sites (N-methyl/N-ethyl adjacent to an activating group) is 1. The molecule has 2 rings (SSSR count). The van der Waals surface area contributed by atoms with Crippen LogP contribution in [-0.2, 0) is 0 Å². The van der Waals surface area contributed by atoms with Gasteiger partial charge < -0.3 is 15.3 Å². The summed E-state index contributed by atoms with van der Waals surface area (Å²) >= 11 is 0. The number of phenolic OH excluding ortho intramolecular Hbond substituents is 1. The van der Waals surface area contributed by atoms with E-state index in [1.54, 1.807) is 18.2 Å². The fraction of sp³-hybridized carbons (Fsp3) is 0.562. The van der Waals surface area contributed by atoms with Crippen molar-refractivity contribution in [3.63, 3.8) is 0 Å². The van der Waals surface area contributed by atoms with E-state index in [9.17, 15) is 9.90 Å². The maximum Gasteiger partial charge on any atom is 0.255 e. The fourth-order valence-corrected chi connectivity index (χ4v) is 2.80. The van der Waals surface area contributed by atoms with Crippen LogP contribution in [0.2, 0.25) is 0 Å². The second kappa shape index (κ2) is 6.75. The molecule has 0 unspecified atom stereocenters. The van der Waals surface area contributed by atoms with Gasteiger partial charge in [0.25, 0.3) is 5.91 Å². The van der Waals surface area contributed by atoms with E-state index < -0.39 is 0 Å². The highest BCUT2D eigenvalue weighted by molar-refractivity contribution is 5.96.